The highest BCUT2D eigenvalue weighted by atomic mass is 32.2. The van der Waals surface area contributed by atoms with Crippen LogP contribution in [0.5, 0.6) is 0 Å². The molecule has 0 radical (unpaired) electrons. The van der Waals surface area contributed by atoms with E-state index in [-0.39, 0.29) is 17.0 Å². The van der Waals surface area contributed by atoms with Gasteiger partial charge in [0.25, 0.3) is 5.69 Å². The number of rotatable bonds is 15. The van der Waals surface area contributed by atoms with Gasteiger partial charge in [0.1, 0.15) is 12.1 Å². The Morgan fingerprint density at radius 3 is 1.94 bits per heavy atom. The van der Waals surface area contributed by atoms with Gasteiger partial charge in [-0.2, -0.15) is 4.72 Å². The van der Waals surface area contributed by atoms with Crippen LogP contribution in [0, 0.1) is 10.1 Å². The normalized spacial score (nSPS) is 15.2. The second-order valence-corrected chi connectivity index (χ2v) is 13.4. The maximum Gasteiger partial charge on any atom is 0.407 e. The van der Waals surface area contributed by atoms with Crippen molar-refractivity contribution in [1.29, 1.82) is 0 Å². The monoisotopic (exact) mass is 680 g/mol. The third kappa shape index (κ3) is 9.16. The fourth-order valence-corrected chi connectivity index (χ4v) is 7.45. The predicted octanol–water partition coefficient (Wildman–Crippen LogP) is 4.57. The van der Waals surface area contributed by atoms with Gasteiger partial charge in [0.05, 0.1) is 24.0 Å². The molecule has 3 aromatic carbocycles. The number of esters is 1. The Labute approximate surface area is 279 Å². The summed E-state index contributed by atoms with van der Waals surface area (Å²) in [5.74, 6) is -1.73. The zero-order valence-corrected chi connectivity index (χ0v) is 27.6. The van der Waals surface area contributed by atoms with Crippen LogP contribution in [0.2, 0.25) is 0 Å². The van der Waals surface area contributed by atoms with Crippen LogP contribution in [0.4, 0.5) is 10.5 Å². The zero-order valence-electron chi connectivity index (χ0n) is 26.8. The Kier molecular flexibility index (Phi) is 12.3. The van der Waals surface area contributed by atoms with Gasteiger partial charge in [-0.3, -0.25) is 19.7 Å². The minimum atomic E-state index is -4.22. The molecule has 2 amide bonds. The van der Waals surface area contributed by atoms with Crippen LogP contribution >= 0.6 is 0 Å². The Bertz CT molecular complexity index is 1620. The van der Waals surface area contributed by atoms with E-state index in [0.29, 0.717) is 25.7 Å². The molecule has 0 aromatic heterocycles. The van der Waals surface area contributed by atoms with Crippen LogP contribution in [0.15, 0.2) is 89.8 Å². The van der Waals surface area contributed by atoms with Crippen LogP contribution in [0.25, 0.3) is 0 Å². The summed E-state index contributed by atoms with van der Waals surface area (Å²) < 4.78 is 38.3. The number of nitro groups is 1. The van der Waals surface area contributed by atoms with Gasteiger partial charge >= 0.3 is 12.1 Å². The topological polar surface area (TPSA) is 183 Å². The average Bonchev–Trinajstić information content (AvgIpc) is 3.56. The quantitative estimate of drug-likeness (QED) is 0.118. The molecule has 48 heavy (non-hydrogen) atoms. The summed E-state index contributed by atoms with van der Waals surface area (Å²) in [7, 11) is -1.84. The third-order valence-electron chi connectivity index (χ3n) is 8.63. The number of benzene rings is 3. The number of hydrogen-bond acceptors (Lipinski definition) is 9. The molecule has 1 fully saturated rings. The standard InChI is InChI=1S/C34H40N4O9S/c1-46-32(40)28(37-48(44,45)27-19-17-26(18-20-27)38(42)43)16-11-23-34(21-9-10-22-34)36-31(39)30(35-33(41)47-2)29(24-12-5-3-6-13-24)25-14-7-4-8-15-25/h3-8,12-15,17-20,28-30,37H,9-11,16,21-23H2,1-2H3,(H,35,41)(H,36,39)/t28?,30-/m0/s1. The van der Waals surface area contributed by atoms with E-state index in [2.05, 4.69) is 15.4 Å². The molecule has 0 bridgehead atoms. The van der Waals surface area contributed by atoms with Crippen LogP contribution in [-0.2, 0) is 29.1 Å². The molecule has 2 atom stereocenters. The average molecular weight is 681 g/mol. The second kappa shape index (κ2) is 16.3. The molecule has 4 rings (SSSR count). The summed E-state index contributed by atoms with van der Waals surface area (Å²) in [6.07, 6.45) is 3.10. The number of ether oxygens (including phenoxy) is 2. The summed E-state index contributed by atoms with van der Waals surface area (Å²) in [6, 6.07) is 20.8. The highest BCUT2D eigenvalue weighted by Crippen LogP contribution is 2.36. The van der Waals surface area contributed by atoms with Gasteiger partial charge in [0.15, 0.2) is 0 Å². The van der Waals surface area contributed by atoms with Crippen LogP contribution < -0.4 is 15.4 Å². The fourth-order valence-electron chi connectivity index (χ4n) is 6.23. The Morgan fingerprint density at radius 1 is 0.875 bits per heavy atom. The van der Waals surface area contributed by atoms with E-state index in [1.54, 1.807) is 0 Å². The van der Waals surface area contributed by atoms with Crippen molar-refractivity contribution in [3.8, 4) is 0 Å². The van der Waals surface area contributed by atoms with E-state index >= 15 is 0 Å². The van der Waals surface area contributed by atoms with E-state index in [0.717, 1.165) is 55.3 Å². The number of nitrogens with zero attached hydrogens (tertiary/aromatic N) is 1. The van der Waals surface area contributed by atoms with Crippen molar-refractivity contribution in [2.45, 2.75) is 73.4 Å². The number of sulfonamides is 1. The molecule has 0 aliphatic heterocycles. The number of nitrogens with one attached hydrogen (secondary N) is 3. The number of carbonyl (C=O) groups excluding carboxylic acids is 3. The van der Waals surface area contributed by atoms with Crippen LogP contribution in [0.3, 0.4) is 0 Å². The first-order valence-corrected chi connectivity index (χ1v) is 17.1. The molecule has 1 unspecified atom stereocenters. The predicted molar refractivity (Wildman–Crippen MR) is 176 cm³/mol. The van der Waals surface area contributed by atoms with Gasteiger partial charge in [-0.15, -0.1) is 0 Å². The van der Waals surface area contributed by atoms with Crippen molar-refractivity contribution in [3.05, 3.63) is 106 Å². The van der Waals surface area contributed by atoms with Gasteiger partial charge in [-0.1, -0.05) is 73.5 Å². The summed E-state index contributed by atoms with van der Waals surface area (Å²) in [4.78, 5) is 49.5. The summed E-state index contributed by atoms with van der Waals surface area (Å²) in [6.45, 7) is 0. The highest BCUT2D eigenvalue weighted by Gasteiger charge is 2.40. The smallest absolute Gasteiger partial charge is 0.407 e. The van der Waals surface area contributed by atoms with E-state index in [4.69, 9.17) is 9.47 Å². The van der Waals surface area contributed by atoms with Gasteiger partial charge in [0.2, 0.25) is 15.9 Å². The van der Waals surface area contributed by atoms with Crippen molar-refractivity contribution in [1.82, 2.24) is 15.4 Å². The maximum absolute atomic E-state index is 14.2. The molecule has 3 N–H and O–H groups in total. The molecule has 256 valence electrons. The lowest BCUT2D eigenvalue weighted by Crippen LogP contribution is -2.56. The van der Waals surface area contributed by atoms with Gasteiger partial charge < -0.3 is 20.1 Å². The number of carbonyl (C=O) groups is 3. The van der Waals surface area contributed by atoms with Gasteiger partial charge in [-0.05, 0) is 55.4 Å². The second-order valence-electron chi connectivity index (χ2n) is 11.7. The Balaban J connectivity index is 1.53. The maximum atomic E-state index is 14.2. The minimum Gasteiger partial charge on any atom is -0.468 e. The number of hydrogen-bond donors (Lipinski definition) is 3. The molecular weight excluding hydrogens is 640 g/mol. The summed E-state index contributed by atoms with van der Waals surface area (Å²) in [5.41, 5.74) is 0.706. The molecule has 1 aliphatic rings. The number of amides is 2. The van der Waals surface area contributed by atoms with E-state index in [9.17, 15) is 32.9 Å². The fraction of sp³-hybridized carbons (Fsp3) is 0.382. The molecule has 13 nitrogen and oxygen atoms in total. The van der Waals surface area contributed by atoms with Crippen molar-refractivity contribution in [3.63, 3.8) is 0 Å². The third-order valence-corrected chi connectivity index (χ3v) is 10.1. The summed E-state index contributed by atoms with van der Waals surface area (Å²) in [5, 5.41) is 17.0. The number of non-ortho nitro benzene ring substituents is 1. The Hall–Kier alpha value is -4.82. The van der Waals surface area contributed by atoms with Crippen molar-refractivity contribution >= 4 is 33.7 Å². The molecule has 0 spiro atoms. The van der Waals surface area contributed by atoms with Crippen molar-refractivity contribution in [2.75, 3.05) is 14.2 Å². The first-order valence-electron chi connectivity index (χ1n) is 15.6. The first kappa shape index (κ1) is 36.0. The largest absolute Gasteiger partial charge is 0.468 e. The van der Waals surface area contributed by atoms with Crippen molar-refractivity contribution in [2.24, 2.45) is 0 Å². The molecule has 3 aromatic rings. The lowest BCUT2D eigenvalue weighted by molar-refractivity contribution is -0.384. The number of methoxy groups -OCH3 is 2. The van der Waals surface area contributed by atoms with Crippen LogP contribution in [-0.4, -0.2) is 63.2 Å². The van der Waals surface area contributed by atoms with Crippen LogP contribution in [0.1, 0.15) is 62.0 Å². The first-order chi connectivity index (χ1) is 23.0. The molecule has 1 saturated carbocycles. The van der Waals surface area contributed by atoms with Crippen molar-refractivity contribution < 1.29 is 37.2 Å². The van der Waals surface area contributed by atoms with Gasteiger partial charge in [0, 0.05) is 23.6 Å². The van der Waals surface area contributed by atoms with E-state index < -0.39 is 56.5 Å². The Morgan fingerprint density at radius 2 is 1.44 bits per heavy atom. The minimum absolute atomic E-state index is 0.0665. The van der Waals surface area contributed by atoms with E-state index in [1.165, 1.54) is 7.11 Å². The molecule has 14 heteroatoms. The lowest BCUT2D eigenvalue weighted by Gasteiger charge is -2.35. The molecule has 1 aliphatic carbocycles. The molecule has 0 saturated heterocycles. The van der Waals surface area contributed by atoms with Gasteiger partial charge in [-0.25, -0.2) is 13.2 Å². The lowest BCUT2D eigenvalue weighted by atomic mass is 9.83. The SMILES string of the molecule is COC(=O)N[C@H](C(=O)NC1(CCCC(NS(=O)(=O)c2ccc([N+](=O)[O-])cc2)C(=O)OC)CCCC1)C(c1ccccc1)c1ccccc1. The number of alkyl carbamates (subject to hydrolysis) is 1. The zero-order chi connectivity index (χ0) is 34.7. The number of nitro benzene ring substituents is 1. The molecule has 0 heterocycles. The molecular formula is C34H40N4O9S. The highest BCUT2D eigenvalue weighted by molar-refractivity contribution is 7.89. The summed E-state index contributed by atoms with van der Waals surface area (Å²) >= 11 is 0. The van der Waals surface area contributed by atoms with E-state index in [1.807, 2.05) is 60.7 Å².